The van der Waals surface area contributed by atoms with Crippen LogP contribution in [-0.2, 0) is 6.54 Å². The fraction of sp³-hybridized carbons (Fsp3) is 0.0312. The fourth-order valence-electron chi connectivity index (χ4n) is 5.10. The molecule has 0 spiro atoms. The van der Waals surface area contributed by atoms with Gasteiger partial charge < -0.3 is 4.90 Å². The Morgan fingerprint density at radius 2 is 1.09 bits per heavy atom. The van der Waals surface area contributed by atoms with Crippen LogP contribution in [0.15, 0.2) is 132 Å². The summed E-state index contributed by atoms with van der Waals surface area (Å²) >= 11 is 0. The number of anilines is 3. The zero-order valence-electron chi connectivity index (χ0n) is 19.2. The van der Waals surface area contributed by atoms with Gasteiger partial charge in [-0.1, -0.05) is 91.0 Å². The van der Waals surface area contributed by atoms with Gasteiger partial charge in [0.25, 0.3) is 0 Å². The Labute approximate surface area is 205 Å². The van der Waals surface area contributed by atoms with Crippen LogP contribution in [0.4, 0.5) is 22.7 Å². The second-order valence-corrected chi connectivity index (χ2v) is 8.95. The van der Waals surface area contributed by atoms with Crippen molar-refractivity contribution in [2.24, 2.45) is 4.99 Å². The summed E-state index contributed by atoms with van der Waals surface area (Å²) in [5, 5.41) is 0. The van der Waals surface area contributed by atoms with Gasteiger partial charge in [-0.05, 0) is 64.2 Å². The Balaban J connectivity index is 1.46. The summed E-state index contributed by atoms with van der Waals surface area (Å²) in [6.45, 7) is 0.812. The third-order valence-corrected chi connectivity index (χ3v) is 6.79. The van der Waals surface area contributed by atoms with Gasteiger partial charge in [-0.25, -0.2) is 4.99 Å². The molecule has 166 valence electrons. The average molecular weight is 450 g/mol. The molecule has 0 atom stereocenters. The Kier molecular flexibility index (Phi) is 4.52. The number of hydrogen-bond donors (Lipinski definition) is 0. The maximum Gasteiger partial charge on any atom is 0.216 e. The van der Waals surface area contributed by atoms with Crippen molar-refractivity contribution in [3.05, 3.63) is 133 Å². The van der Waals surface area contributed by atoms with E-state index in [0.717, 1.165) is 29.6 Å². The number of benzene rings is 5. The Morgan fingerprint density at radius 1 is 0.514 bits per heavy atom. The van der Waals surface area contributed by atoms with Crippen LogP contribution in [0.25, 0.3) is 22.3 Å². The van der Waals surface area contributed by atoms with Crippen molar-refractivity contribution in [2.75, 3.05) is 9.80 Å². The van der Waals surface area contributed by atoms with E-state index >= 15 is 0 Å². The number of nitrogens with zero attached hydrogens (tertiary/aromatic N) is 3. The number of rotatable bonds is 3. The zero-order valence-corrected chi connectivity index (χ0v) is 19.2. The lowest BCUT2D eigenvalue weighted by Crippen LogP contribution is -2.37. The van der Waals surface area contributed by atoms with Crippen molar-refractivity contribution in [1.29, 1.82) is 0 Å². The van der Waals surface area contributed by atoms with E-state index in [-0.39, 0.29) is 0 Å². The Bertz CT molecular complexity index is 1510. The van der Waals surface area contributed by atoms with Crippen LogP contribution in [0.3, 0.4) is 0 Å². The fourth-order valence-corrected chi connectivity index (χ4v) is 5.10. The van der Waals surface area contributed by atoms with Crippen molar-refractivity contribution in [3.8, 4) is 22.3 Å². The van der Waals surface area contributed by atoms with Crippen molar-refractivity contribution < 1.29 is 0 Å². The third-order valence-electron chi connectivity index (χ3n) is 6.79. The number of hydrogen-bond acceptors (Lipinski definition) is 3. The number of fused-ring (bicyclic) bond motifs is 4. The second-order valence-electron chi connectivity index (χ2n) is 8.95. The molecule has 0 fully saturated rings. The van der Waals surface area contributed by atoms with Gasteiger partial charge in [-0.3, -0.25) is 4.90 Å². The monoisotopic (exact) mass is 449 g/mol. The first kappa shape index (κ1) is 19.8. The summed E-state index contributed by atoms with van der Waals surface area (Å²) in [7, 11) is 0. The van der Waals surface area contributed by atoms with E-state index in [4.69, 9.17) is 4.99 Å². The molecule has 2 heterocycles. The molecular formula is C32H23N3. The quantitative estimate of drug-likeness (QED) is 0.276. The lowest BCUT2D eigenvalue weighted by molar-refractivity contribution is 0.985. The lowest BCUT2D eigenvalue weighted by Gasteiger charge is -2.28. The molecule has 0 unspecified atom stereocenters. The van der Waals surface area contributed by atoms with Crippen LogP contribution in [0, 0.1) is 0 Å². The van der Waals surface area contributed by atoms with E-state index in [1.165, 1.54) is 33.5 Å². The van der Waals surface area contributed by atoms with Crippen LogP contribution in [0.2, 0.25) is 0 Å². The van der Waals surface area contributed by atoms with Gasteiger partial charge in [-0.2, -0.15) is 0 Å². The van der Waals surface area contributed by atoms with E-state index in [9.17, 15) is 0 Å². The molecule has 0 saturated carbocycles. The number of guanidine groups is 1. The topological polar surface area (TPSA) is 18.8 Å². The lowest BCUT2D eigenvalue weighted by atomic mass is 9.97. The van der Waals surface area contributed by atoms with Gasteiger partial charge in [0, 0.05) is 0 Å². The van der Waals surface area contributed by atoms with Crippen LogP contribution < -0.4 is 9.80 Å². The van der Waals surface area contributed by atoms with E-state index in [0.29, 0.717) is 0 Å². The van der Waals surface area contributed by atoms with Crippen molar-refractivity contribution in [3.63, 3.8) is 0 Å². The van der Waals surface area contributed by atoms with E-state index in [2.05, 4.69) is 137 Å². The van der Waals surface area contributed by atoms with Gasteiger partial charge >= 0.3 is 0 Å². The SMILES string of the molecule is c1ccc(-c2cc(-c3ccccc3)cc(N3C4=Nc5ccccc5CN4c4ccccc43)c2)cc1. The summed E-state index contributed by atoms with van der Waals surface area (Å²) in [4.78, 5) is 9.79. The number of para-hydroxylation sites is 3. The molecule has 3 heteroatoms. The normalized spacial score (nSPS) is 13.7. The predicted octanol–water partition coefficient (Wildman–Crippen LogP) is 8.18. The van der Waals surface area contributed by atoms with E-state index < -0.39 is 0 Å². The van der Waals surface area contributed by atoms with Crippen molar-refractivity contribution in [1.82, 2.24) is 0 Å². The van der Waals surface area contributed by atoms with Gasteiger partial charge in [0.15, 0.2) is 0 Å². The molecule has 0 radical (unpaired) electrons. The van der Waals surface area contributed by atoms with Crippen LogP contribution in [0.1, 0.15) is 5.56 Å². The van der Waals surface area contributed by atoms with Crippen LogP contribution in [0.5, 0.6) is 0 Å². The Hall–Kier alpha value is -4.63. The number of aliphatic imine (C=N–C) groups is 1. The molecule has 0 aliphatic carbocycles. The molecule has 7 rings (SSSR count). The van der Waals surface area contributed by atoms with Crippen LogP contribution >= 0.6 is 0 Å². The van der Waals surface area contributed by atoms with Gasteiger partial charge in [-0.15, -0.1) is 0 Å². The second kappa shape index (κ2) is 8.00. The molecule has 5 aromatic rings. The third kappa shape index (κ3) is 3.32. The molecular weight excluding hydrogens is 426 g/mol. The first-order valence-corrected chi connectivity index (χ1v) is 11.9. The summed E-state index contributed by atoms with van der Waals surface area (Å²) in [5.74, 6) is 0.953. The highest BCUT2D eigenvalue weighted by atomic mass is 15.4. The molecule has 35 heavy (non-hydrogen) atoms. The smallest absolute Gasteiger partial charge is 0.216 e. The minimum Gasteiger partial charge on any atom is -0.305 e. The van der Waals surface area contributed by atoms with E-state index in [1.807, 2.05) is 0 Å². The molecule has 2 aliphatic heterocycles. The minimum absolute atomic E-state index is 0.812. The first-order chi connectivity index (χ1) is 17.3. The van der Waals surface area contributed by atoms with Gasteiger partial charge in [0.2, 0.25) is 5.96 Å². The first-order valence-electron chi connectivity index (χ1n) is 11.9. The highest BCUT2D eigenvalue weighted by molar-refractivity contribution is 6.21. The molecule has 0 aromatic heterocycles. The summed E-state index contributed by atoms with van der Waals surface area (Å²) in [6, 6.07) is 45.1. The molecule has 3 nitrogen and oxygen atoms in total. The molecule has 5 aromatic carbocycles. The maximum absolute atomic E-state index is 5.15. The molecule has 2 aliphatic rings. The molecule has 0 N–H and O–H groups in total. The maximum atomic E-state index is 5.15. The van der Waals surface area contributed by atoms with Crippen LogP contribution in [-0.4, -0.2) is 5.96 Å². The molecule has 0 saturated heterocycles. The largest absolute Gasteiger partial charge is 0.305 e. The van der Waals surface area contributed by atoms with Crippen molar-refractivity contribution >= 4 is 28.7 Å². The van der Waals surface area contributed by atoms with Crippen molar-refractivity contribution in [2.45, 2.75) is 6.54 Å². The standard InChI is InChI=1S/C32H23N3/c1-3-11-23(12-4-1)26-19-27(24-13-5-2-6-14-24)21-28(20-26)35-31-18-10-9-17-30(31)34-22-25-15-7-8-16-29(25)33-32(34)35/h1-21H,22H2. The summed E-state index contributed by atoms with van der Waals surface area (Å²) < 4.78 is 0. The predicted molar refractivity (Wildman–Crippen MR) is 146 cm³/mol. The summed E-state index contributed by atoms with van der Waals surface area (Å²) in [5.41, 5.74) is 10.5. The van der Waals surface area contributed by atoms with Gasteiger partial charge in [0.1, 0.15) is 0 Å². The minimum atomic E-state index is 0.812. The molecule has 0 amide bonds. The zero-order chi connectivity index (χ0) is 23.2. The highest BCUT2D eigenvalue weighted by Crippen LogP contribution is 2.47. The summed E-state index contributed by atoms with van der Waals surface area (Å²) in [6.07, 6.45) is 0. The molecule has 0 bridgehead atoms. The highest BCUT2D eigenvalue weighted by Gasteiger charge is 2.36. The Morgan fingerprint density at radius 3 is 1.77 bits per heavy atom. The van der Waals surface area contributed by atoms with E-state index in [1.54, 1.807) is 0 Å². The average Bonchev–Trinajstić information content (AvgIpc) is 3.26. The van der Waals surface area contributed by atoms with Gasteiger partial charge in [0.05, 0.1) is 29.3 Å².